The van der Waals surface area contributed by atoms with Gasteiger partial charge < -0.3 is 11.1 Å². The van der Waals surface area contributed by atoms with E-state index in [4.69, 9.17) is 5.73 Å². The first-order valence-electron chi connectivity index (χ1n) is 4.53. The number of anilines is 1. The van der Waals surface area contributed by atoms with Gasteiger partial charge in [0.05, 0.1) is 0 Å². The Labute approximate surface area is 96.9 Å². The molecule has 4 nitrogen and oxygen atoms in total. The summed E-state index contributed by atoms with van der Waals surface area (Å²) < 4.78 is 15.1. The zero-order chi connectivity index (χ0) is 11.5. The quantitative estimate of drug-likeness (QED) is 0.779. The number of halogens is 1. The molecule has 1 aromatic heterocycles. The van der Waals surface area contributed by atoms with E-state index >= 15 is 0 Å². The van der Waals surface area contributed by atoms with Gasteiger partial charge in [-0.25, -0.2) is 9.07 Å². The Morgan fingerprint density at radius 2 is 2.31 bits per heavy atom. The largest absolute Gasteiger partial charge is 0.376 e. The molecule has 2 aromatic rings. The fraction of sp³-hybridized carbons (Fsp3) is 0. The lowest BCUT2D eigenvalue weighted by molar-refractivity contribution is 0.611. The number of rotatable bonds is 2. The topological polar surface area (TPSA) is 55.9 Å². The molecule has 0 saturated carbocycles. The lowest BCUT2D eigenvalue weighted by Gasteiger charge is -2.07. The number of benzene rings is 1. The van der Waals surface area contributed by atoms with Crippen LogP contribution in [0.5, 0.6) is 0 Å². The molecule has 0 unspecified atom stereocenters. The monoisotopic (exact) mass is 236 g/mol. The minimum atomic E-state index is -0.398. The van der Waals surface area contributed by atoms with Gasteiger partial charge in [0.25, 0.3) is 0 Å². The molecule has 82 valence electrons. The van der Waals surface area contributed by atoms with Crippen molar-refractivity contribution < 1.29 is 4.39 Å². The highest BCUT2D eigenvalue weighted by atomic mass is 32.1. The van der Waals surface area contributed by atoms with E-state index < -0.39 is 5.82 Å². The third kappa shape index (κ3) is 2.17. The van der Waals surface area contributed by atoms with E-state index in [-0.39, 0.29) is 5.11 Å². The second kappa shape index (κ2) is 4.28. The molecular formula is C10H9FN4S. The Morgan fingerprint density at radius 1 is 1.50 bits per heavy atom. The van der Waals surface area contributed by atoms with Crippen LogP contribution in [0.1, 0.15) is 0 Å². The number of thiocarbonyl (C=S) groups is 1. The molecule has 0 aliphatic rings. The van der Waals surface area contributed by atoms with Crippen LogP contribution < -0.4 is 11.1 Å². The van der Waals surface area contributed by atoms with Crippen LogP contribution in [-0.4, -0.2) is 14.9 Å². The number of hydrogen-bond acceptors (Lipinski definition) is 2. The van der Waals surface area contributed by atoms with Crippen molar-refractivity contribution in [3.05, 3.63) is 42.5 Å². The van der Waals surface area contributed by atoms with E-state index in [0.717, 1.165) is 0 Å². The number of aromatic nitrogens is 2. The lowest BCUT2D eigenvalue weighted by atomic mass is 10.2. The standard InChI is InChI=1S/C10H9FN4S/c11-8-6-7(14-10(12)16)2-3-9(8)15-5-1-4-13-15/h1-6H,(H3,12,14,16). The van der Waals surface area contributed by atoms with E-state index in [1.165, 1.54) is 10.7 Å². The normalized spacial score (nSPS) is 10.1. The zero-order valence-electron chi connectivity index (χ0n) is 8.22. The highest BCUT2D eigenvalue weighted by Crippen LogP contribution is 2.17. The molecule has 2 rings (SSSR count). The maximum atomic E-state index is 13.7. The van der Waals surface area contributed by atoms with E-state index in [9.17, 15) is 4.39 Å². The van der Waals surface area contributed by atoms with Crippen molar-refractivity contribution in [3.8, 4) is 5.69 Å². The fourth-order valence-corrected chi connectivity index (χ4v) is 1.44. The van der Waals surface area contributed by atoms with Gasteiger partial charge in [-0.15, -0.1) is 0 Å². The van der Waals surface area contributed by atoms with Gasteiger partial charge in [-0.05, 0) is 36.5 Å². The van der Waals surface area contributed by atoms with Crippen LogP contribution in [0.25, 0.3) is 5.69 Å². The smallest absolute Gasteiger partial charge is 0.168 e. The summed E-state index contributed by atoms with van der Waals surface area (Å²) in [5, 5.41) is 6.70. The summed E-state index contributed by atoms with van der Waals surface area (Å²) in [6.07, 6.45) is 3.25. The van der Waals surface area contributed by atoms with Crippen molar-refractivity contribution >= 4 is 23.0 Å². The van der Waals surface area contributed by atoms with Gasteiger partial charge in [-0.2, -0.15) is 5.10 Å². The summed E-state index contributed by atoms with van der Waals surface area (Å²) in [6.45, 7) is 0. The Morgan fingerprint density at radius 3 is 2.88 bits per heavy atom. The van der Waals surface area contributed by atoms with Crippen LogP contribution in [0.3, 0.4) is 0 Å². The van der Waals surface area contributed by atoms with Gasteiger partial charge in [0.15, 0.2) is 10.9 Å². The van der Waals surface area contributed by atoms with Gasteiger partial charge in [0, 0.05) is 18.1 Å². The predicted molar refractivity (Wildman–Crippen MR) is 63.9 cm³/mol. The molecule has 0 amide bonds. The van der Waals surface area contributed by atoms with E-state index in [1.54, 1.807) is 30.6 Å². The van der Waals surface area contributed by atoms with E-state index in [0.29, 0.717) is 11.4 Å². The van der Waals surface area contributed by atoms with Gasteiger partial charge >= 0.3 is 0 Å². The maximum absolute atomic E-state index is 13.7. The molecule has 6 heteroatoms. The molecule has 0 fully saturated rings. The molecule has 1 aromatic carbocycles. The first-order chi connectivity index (χ1) is 7.66. The summed E-state index contributed by atoms with van der Waals surface area (Å²) >= 11 is 4.66. The Bertz CT molecular complexity index is 510. The van der Waals surface area contributed by atoms with Crippen molar-refractivity contribution in [2.24, 2.45) is 5.73 Å². The third-order valence-electron chi connectivity index (χ3n) is 1.97. The minimum absolute atomic E-state index is 0.103. The average molecular weight is 236 g/mol. The molecule has 0 radical (unpaired) electrons. The van der Waals surface area contributed by atoms with Gasteiger partial charge in [-0.1, -0.05) is 0 Å². The Hall–Kier alpha value is -1.95. The molecule has 0 atom stereocenters. The number of nitrogens with one attached hydrogen (secondary N) is 1. The van der Waals surface area contributed by atoms with Gasteiger partial charge in [0.1, 0.15) is 5.69 Å². The van der Waals surface area contributed by atoms with Crippen molar-refractivity contribution in [2.45, 2.75) is 0 Å². The first kappa shape index (κ1) is 10.6. The van der Waals surface area contributed by atoms with Gasteiger partial charge in [0.2, 0.25) is 0 Å². The molecular weight excluding hydrogens is 227 g/mol. The highest BCUT2D eigenvalue weighted by Gasteiger charge is 2.05. The third-order valence-corrected chi connectivity index (χ3v) is 2.07. The van der Waals surface area contributed by atoms with Crippen molar-refractivity contribution in [1.29, 1.82) is 0 Å². The summed E-state index contributed by atoms with van der Waals surface area (Å²) in [5.41, 5.74) is 6.18. The number of nitrogens with zero attached hydrogens (tertiary/aromatic N) is 2. The van der Waals surface area contributed by atoms with Crippen LogP contribution in [0.2, 0.25) is 0 Å². The second-order valence-electron chi connectivity index (χ2n) is 3.11. The summed E-state index contributed by atoms with van der Waals surface area (Å²) in [4.78, 5) is 0. The van der Waals surface area contributed by atoms with Crippen LogP contribution >= 0.6 is 12.2 Å². The number of nitrogens with two attached hydrogens (primary N) is 1. The Kier molecular flexibility index (Phi) is 2.82. The average Bonchev–Trinajstić information content (AvgIpc) is 2.69. The maximum Gasteiger partial charge on any atom is 0.168 e. The SMILES string of the molecule is NC(=S)Nc1ccc(-n2cccn2)c(F)c1. The molecule has 16 heavy (non-hydrogen) atoms. The second-order valence-corrected chi connectivity index (χ2v) is 3.55. The highest BCUT2D eigenvalue weighted by molar-refractivity contribution is 7.80. The fourth-order valence-electron chi connectivity index (χ4n) is 1.32. The summed E-state index contributed by atoms with van der Waals surface area (Å²) in [7, 11) is 0. The van der Waals surface area contributed by atoms with E-state index in [2.05, 4.69) is 22.6 Å². The summed E-state index contributed by atoms with van der Waals surface area (Å²) in [5.74, 6) is -0.398. The molecule has 3 N–H and O–H groups in total. The first-order valence-corrected chi connectivity index (χ1v) is 4.93. The van der Waals surface area contributed by atoms with Crippen molar-refractivity contribution in [2.75, 3.05) is 5.32 Å². The minimum Gasteiger partial charge on any atom is -0.376 e. The molecule has 0 aliphatic carbocycles. The number of hydrogen-bond donors (Lipinski definition) is 2. The van der Waals surface area contributed by atoms with E-state index in [1.807, 2.05) is 0 Å². The molecule has 0 spiro atoms. The van der Waals surface area contributed by atoms with Crippen LogP contribution in [0.4, 0.5) is 10.1 Å². The predicted octanol–water partition coefficient (Wildman–Crippen LogP) is 1.67. The van der Waals surface area contributed by atoms with Gasteiger partial charge in [-0.3, -0.25) is 0 Å². The Balaban J connectivity index is 2.34. The van der Waals surface area contributed by atoms with Crippen molar-refractivity contribution in [3.63, 3.8) is 0 Å². The van der Waals surface area contributed by atoms with Crippen LogP contribution in [0.15, 0.2) is 36.7 Å². The summed E-state index contributed by atoms with van der Waals surface area (Å²) in [6, 6.07) is 6.32. The molecule has 0 saturated heterocycles. The molecule has 0 bridgehead atoms. The van der Waals surface area contributed by atoms with Crippen LogP contribution in [-0.2, 0) is 0 Å². The molecule has 0 aliphatic heterocycles. The lowest BCUT2D eigenvalue weighted by Crippen LogP contribution is -2.19. The molecule has 1 heterocycles. The van der Waals surface area contributed by atoms with Crippen molar-refractivity contribution in [1.82, 2.24) is 9.78 Å². The van der Waals surface area contributed by atoms with Crippen LogP contribution in [0, 0.1) is 5.82 Å². The zero-order valence-corrected chi connectivity index (χ0v) is 9.04.